The highest BCUT2D eigenvalue weighted by atomic mass is 31.2. The lowest BCUT2D eigenvalue weighted by Gasteiger charge is -2.21. The van der Waals surface area contributed by atoms with E-state index < -0.39 is 58.7 Å². The number of nitrogen functional groups attached to an aromatic ring is 1. The smallest absolute Gasteiger partial charge is 0.470 e. The van der Waals surface area contributed by atoms with E-state index in [9.17, 15) is 48.5 Å². The standard InChI is InChI=1S/C41H49N9O14P2/c1-48(2)23-10-13-26-29(18-23)62-30-19-24(49(3)4)11-14-27(30)32(26)25-12-9-22(17-28(25)40(53)54)38(52)43-15-7-5-6-8-16-44-41-47-33-36(42)45-21-46-37(33)50(41)39-34(51)35(64-66(58,59)60)31(63-39)20-61-65(55,56)57/h9-14,17-19,21,31,34-35,39,42-43,51H,5-8,15-16,20H2,1-4H3,(H6,52,53,54,55,56,57,58,59,60)/p+1/t31-,34-,35-,39-/m1/s1. The minimum atomic E-state index is -5.24. The highest BCUT2D eigenvalue weighted by Crippen LogP contribution is 2.47. The maximum Gasteiger partial charge on any atom is 0.470 e. The number of carboxylic acid groups (broad SMARTS) is 1. The predicted molar refractivity (Wildman–Crippen MR) is 241 cm³/mol. The Labute approximate surface area is 376 Å². The molecule has 25 heteroatoms. The molecule has 0 bridgehead atoms. The Morgan fingerprint density at radius 1 is 0.939 bits per heavy atom. The van der Waals surface area contributed by atoms with Crippen LogP contribution in [0.25, 0.3) is 44.6 Å². The van der Waals surface area contributed by atoms with E-state index in [2.05, 4.69) is 30.1 Å². The first-order chi connectivity index (χ1) is 31.2. The second kappa shape index (κ2) is 19.6. The lowest BCUT2D eigenvalue weighted by Crippen LogP contribution is -2.36. The number of anilines is 3. The van der Waals surface area contributed by atoms with Crippen molar-refractivity contribution in [3.63, 3.8) is 0 Å². The quantitative estimate of drug-likeness (QED) is 0.0259. The van der Waals surface area contributed by atoms with Crippen LogP contribution < -0.4 is 31.2 Å². The molecule has 1 fully saturated rings. The Kier molecular flexibility index (Phi) is 14.3. The van der Waals surface area contributed by atoms with Crippen LogP contribution in [0.2, 0.25) is 0 Å². The molecule has 0 saturated carbocycles. The number of nitrogens with two attached hydrogens (primary N) is 1. The fourth-order valence-corrected chi connectivity index (χ4v) is 8.64. The average molecular weight is 955 g/mol. The van der Waals surface area contributed by atoms with Crippen LogP contribution in [-0.4, -0.2) is 127 Å². The monoisotopic (exact) mass is 954 g/mol. The Morgan fingerprint density at radius 2 is 1.67 bits per heavy atom. The normalized spacial score (nSPS) is 17.7. The number of rotatable bonds is 18. The van der Waals surface area contributed by atoms with Crippen molar-refractivity contribution in [3.8, 4) is 22.5 Å². The molecular formula is C41H50N9O14P2+. The zero-order chi connectivity index (χ0) is 47.7. The number of fused-ring (bicyclic) bond motifs is 3. The number of nitrogens with zero attached hydrogens (tertiary/aromatic N) is 6. The first kappa shape index (κ1) is 48.1. The van der Waals surface area contributed by atoms with Gasteiger partial charge in [-0.05, 0) is 48.7 Å². The second-order valence-corrected chi connectivity index (χ2v) is 18.4. The Balaban J connectivity index is 0.995. The Hall–Kier alpha value is -5.84. The van der Waals surface area contributed by atoms with Gasteiger partial charge < -0.3 is 60.2 Å². The van der Waals surface area contributed by atoms with Crippen molar-refractivity contribution in [2.45, 2.75) is 50.2 Å². The van der Waals surface area contributed by atoms with Crippen LogP contribution in [0, 0.1) is 0 Å². The summed E-state index contributed by atoms with van der Waals surface area (Å²) < 4.78 is 47.8. The minimum absolute atomic E-state index is 0.0248. The van der Waals surface area contributed by atoms with E-state index in [4.69, 9.17) is 19.4 Å². The summed E-state index contributed by atoms with van der Waals surface area (Å²) in [6.45, 7) is -0.275. The summed E-state index contributed by atoms with van der Waals surface area (Å²) in [5.41, 5.74) is 9.65. The molecule has 4 heterocycles. The third-order valence-electron chi connectivity index (χ3n) is 10.9. The number of carboxylic acids is 1. The molecule has 0 unspecified atom stereocenters. The largest absolute Gasteiger partial charge is 0.478 e. The molecule has 3 aliphatic rings. The van der Waals surface area contributed by atoms with E-state index in [0.717, 1.165) is 17.4 Å². The molecule has 10 N–H and O–H groups in total. The number of aromatic nitrogens is 4. The molecule has 4 atom stereocenters. The van der Waals surface area contributed by atoms with Crippen LogP contribution in [0.3, 0.4) is 0 Å². The number of hydrogen-bond donors (Lipinski definition) is 9. The Bertz CT molecular complexity index is 2930. The van der Waals surface area contributed by atoms with Gasteiger partial charge >= 0.3 is 21.6 Å². The van der Waals surface area contributed by atoms with Crippen molar-refractivity contribution < 1.29 is 66.7 Å². The molecule has 66 heavy (non-hydrogen) atoms. The molecule has 352 valence electrons. The number of phosphoric acid groups is 2. The van der Waals surface area contributed by atoms with Crippen LogP contribution in [-0.2, 0) is 22.9 Å². The van der Waals surface area contributed by atoms with Crippen molar-refractivity contribution >= 4 is 67.1 Å². The summed E-state index contributed by atoms with van der Waals surface area (Å²) in [6.07, 6.45) is -3.00. The van der Waals surface area contributed by atoms with Crippen molar-refractivity contribution in [1.29, 1.82) is 0 Å². The second-order valence-electron chi connectivity index (χ2n) is 15.9. The molecule has 1 amide bonds. The summed E-state index contributed by atoms with van der Waals surface area (Å²) >= 11 is 0. The number of aliphatic hydroxyl groups excluding tert-OH is 1. The zero-order valence-electron chi connectivity index (χ0n) is 36.1. The predicted octanol–water partition coefficient (Wildman–Crippen LogP) is 2.97. The zero-order valence-corrected chi connectivity index (χ0v) is 37.9. The number of phosphoric ester groups is 2. The molecular weight excluding hydrogens is 904 g/mol. The van der Waals surface area contributed by atoms with E-state index in [1.807, 2.05) is 74.1 Å². The number of imidazole rings is 1. The number of ether oxygens (including phenoxy) is 1. The molecule has 1 saturated heterocycles. The van der Waals surface area contributed by atoms with Crippen LogP contribution in [0.1, 0.15) is 52.6 Å². The van der Waals surface area contributed by atoms with Gasteiger partial charge in [0.15, 0.2) is 23.2 Å². The number of aliphatic hydroxyl groups is 1. The number of carbonyl (C=O) groups excluding carboxylic acids is 1. The molecule has 7 rings (SSSR count). The van der Waals surface area contributed by atoms with Gasteiger partial charge in [-0.15, -0.1) is 0 Å². The molecule has 23 nitrogen and oxygen atoms in total. The van der Waals surface area contributed by atoms with Gasteiger partial charge in [0.2, 0.25) is 11.3 Å². The summed E-state index contributed by atoms with van der Waals surface area (Å²) in [5.74, 6) is -1.01. The van der Waals surface area contributed by atoms with Gasteiger partial charge in [0.05, 0.1) is 18.2 Å². The molecule has 0 spiro atoms. The summed E-state index contributed by atoms with van der Waals surface area (Å²) in [4.78, 5) is 78.1. The Morgan fingerprint density at radius 3 is 2.35 bits per heavy atom. The van der Waals surface area contributed by atoms with Gasteiger partial charge in [-0.1, -0.05) is 18.9 Å². The van der Waals surface area contributed by atoms with Crippen molar-refractivity contribution in [3.05, 3.63) is 77.4 Å². The highest BCUT2D eigenvalue weighted by molar-refractivity contribution is 7.46. The van der Waals surface area contributed by atoms with E-state index >= 15 is 0 Å². The van der Waals surface area contributed by atoms with Gasteiger partial charge in [0, 0.05) is 67.1 Å². The van der Waals surface area contributed by atoms with Gasteiger partial charge in [-0.25, -0.2) is 33.5 Å². The van der Waals surface area contributed by atoms with Crippen LogP contribution in [0.5, 0.6) is 0 Å². The number of aromatic carboxylic acids is 1. The SMILES string of the molecule is CN(C)c1ccc2c(-c3ccc(C(=O)NCCCCCCNc4nc5c(N)ncnc5n4[C@@H]4O[C@H](COP(=O)(O)O)[C@@H](OP(=O)(O)O)[C@H]4O)cc3C(=O)O)c3ccc(=[N+](C)C)cc-3oc2c1. The van der Waals surface area contributed by atoms with E-state index in [1.54, 1.807) is 12.1 Å². The fourth-order valence-electron chi connectivity index (χ4n) is 7.72. The number of amides is 1. The third-order valence-corrected chi connectivity index (χ3v) is 11.9. The minimum Gasteiger partial charge on any atom is -0.478 e. The first-order valence-electron chi connectivity index (χ1n) is 20.5. The molecule has 0 radical (unpaired) electrons. The maximum atomic E-state index is 13.4. The number of benzene rings is 3. The molecule has 2 aromatic carbocycles. The van der Waals surface area contributed by atoms with E-state index in [-0.39, 0.29) is 34.1 Å². The van der Waals surface area contributed by atoms with Crippen LogP contribution >= 0.6 is 15.6 Å². The molecule has 2 aromatic heterocycles. The van der Waals surface area contributed by atoms with Crippen LogP contribution in [0.4, 0.5) is 17.5 Å². The lowest BCUT2D eigenvalue weighted by atomic mass is 9.89. The van der Waals surface area contributed by atoms with E-state index in [0.29, 0.717) is 72.2 Å². The van der Waals surface area contributed by atoms with Crippen LogP contribution in [0.15, 0.2) is 65.3 Å². The highest BCUT2D eigenvalue weighted by Gasteiger charge is 2.50. The van der Waals surface area contributed by atoms with E-state index in [1.165, 1.54) is 10.6 Å². The maximum absolute atomic E-state index is 13.4. The fraction of sp³-hybridized carbons (Fsp3) is 0.366. The number of nitrogens with one attached hydrogen (secondary N) is 2. The summed E-state index contributed by atoms with van der Waals surface area (Å²) in [5, 5.41) is 29.3. The first-order valence-corrected chi connectivity index (χ1v) is 23.6. The number of unbranched alkanes of at least 4 members (excludes halogenated alkanes) is 3. The molecule has 1 aliphatic carbocycles. The van der Waals surface area contributed by atoms with Gasteiger partial charge in [0.1, 0.15) is 50.1 Å². The summed E-state index contributed by atoms with van der Waals surface area (Å²) in [6, 6.07) is 16.1. The topological polar surface area (TPSA) is 330 Å². The van der Waals surface area contributed by atoms with Crippen molar-refractivity contribution in [2.75, 3.05) is 63.8 Å². The van der Waals surface area contributed by atoms with Gasteiger partial charge in [-0.3, -0.25) is 18.4 Å². The number of hydrogen-bond acceptors (Lipinski definition) is 15. The summed E-state index contributed by atoms with van der Waals surface area (Å²) in [7, 11) is -2.63. The molecule has 4 aromatic rings. The van der Waals surface area contributed by atoms with Gasteiger partial charge in [0.25, 0.3) is 5.91 Å². The van der Waals surface area contributed by atoms with Crippen molar-refractivity contribution in [1.82, 2.24) is 29.4 Å². The number of carbonyl (C=O) groups is 2. The average Bonchev–Trinajstić information content (AvgIpc) is 3.77. The lowest BCUT2D eigenvalue weighted by molar-refractivity contribution is -0.0492. The van der Waals surface area contributed by atoms with Crippen molar-refractivity contribution in [2.24, 2.45) is 0 Å². The molecule has 2 aliphatic heterocycles. The van der Waals surface area contributed by atoms with Gasteiger partial charge in [-0.2, -0.15) is 0 Å². The third kappa shape index (κ3) is 10.7.